The number of halogens is 1. The summed E-state index contributed by atoms with van der Waals surface area (Å²) in [4.78, 5) is 11.9. The van der Waals surface area contributed by atoms with E-state index >= 15 is 0 Å². The van der Waals surface area contributed by atoms with Crippen molar-refractivity contribution in [1.82, 2.24) is 0 Å². The van der Waals surface area contributed by atoms with E-state index < -0.39 is 5.24 Å². The molecule has 112 valence electrons. The predicted octanol–water partition coefficient (Wildman–Crippen LogP) is 4.78. The maximum Gasteiger partial charge on any atom is 0.256 e. The Kier molecular flexibility index (Phi) is 5.57. The topological polar surface area (TPSA) is 50.1 Å². The van der Waals surface area contributed by atoms with Crippen molar-refractivity contribution in [3.05, 3.63) is 53.6 Å². The van der Waals surface area contributed by atoms with Crippen LogP contribution in [-0.2, 0) is 0 Å². The lowest BCUT2D eigenvalue weighted by Gasteiger charge is -2.14. The van der Waals surface area contributed by atoms with Crippen LogP contribution in [0.15, 0.2) is 42.5 Å². The quantitative estimate of drug-likeness (QED) is 0.569. The highest BCUT2D eigenvalue weighted by atomic mass is 35.5. The van der Waals surface area contributed by atoms with Crippen LogP contribution in [0, 0.1) is 11.3 Å². The molecule has 0 unspecified atom stereocenters. The zero-order valence-corrected chi connectivity index (χ0v) is 13.1. The zero-order chi connectivity index (χ0) is 15.9. The minimum Gasteiger partial charge on any atom is -0.493 e. The van der Waals surface area contributed by atoms with E-state index in [4.69, 9.17) is 16.3 Å². The van der Waals surface area contributed by atoms with Gasteiger partial charge in [0.15, 0.2) is 0 Å². The Labute approximate surface area is 135 Å². The van der Waals surface area contributed by atoms with Gasteiger partial charge in [-0.25, -0.2) is 0 Å². The highest BCUT2D eigenvalue weighted by Gasteiger charge is 2.20. The van der Waals surface area contributed by atoms with Crippen molar-refractivity contribution in [2.75, 3.05) is 6.61 Å². The van der Waals surface area contributed by atoms with Crippen molar-refractivity contribution in [3.63, 3.8) is 0 Å². The molecular formula is C18H16ClNO2. The van der Waals surface area contributed by atoms with Crippen LogP contribution < -0.4 is 4.74 Å². The summed E-state index contributed by atoms with van der Waals surface area (Å²) in [5.41, 5.74) is 1.95. The molecule has 0 amide bonds. The summed E-state index contributed by atoms with van der Waals surface area (Å²) in [6, 6.07) is 14.7. The predicted molar refractivity (Wildman–Crippen MR) is 87.2 cm³/mol. The number of nitriles is 1. The van der Waals surface area contributed by atoms with Crippen LogP contribution in [0.1, 0.15) is 35.7 Å². The van der Waals surface area contributed by atoms with E-state index in [1.54, 1.807) is 12.1 Å². The van der Waals surface area contributed by atoms with Crippen LogP contribution in [0.2, 0.25) is 0 Å². The van der Waals surface area contributed by atoms with E-state index in [-0.39, 0.29) is 5.56 Å². The monoisotopic (exact) mass is 313 g/mol. The highest BCUT2D eigenvalue weighted by Crippen LogP contribution is 2.35. The van der Waals surface area contributed by atoms with Gasteiger partial charge in [-0.3, -0.25) is 4.79 Å². The highest BCUT2D eigenvalue weighted by molar-refractivity contribution is 6.68. The van der Waals surface area contributed by atoms with Crippen LogP contribution in [0.5, 0.6) is 5.75 Å². The molecular weight excluding hydrogens is 298 g/mol. The lowest BCUT2D eigenvalue weighted by Crippen LogP contribution is -2.05. The fourth-order valence-corrected chi connectivity index (χ4v) is 2.41. The third-order valence-electron chi connectivity index (χ3n) is 3.30. The second-order valence-corrected chi connectivity index (χ2v) is 5.16. The third kappa shape index (κ3) is 3.47. The van der Waals surface area contributed by atoms with Gasteiger partial charge in [-0.05, 0) is 35.7 Å². The van der Waals surface area contributed by atoms with Gasteiger partial charge in [-0.1, -0.05) is 43.7 Å². The zero-order valence-electron chi connectivity index (χ0n) is 12.3. The molecule has 0 aliphatic carbocycles. The molecule has 0 aliphatic heterocycles. The molecule has 0 N–H and O–H groups in total. The van der Waals surface area contributed by atoms with Gasteiger partial charge in [0.05, 0.1) is 23.8 Å². The summed E-state index contributed by atoms with van der Waals surface area (Å²) in [6.07, 6.45) is 1.88. The summed E-state index contributed by atoms with van der Waals surface area (Å²) < 4.78 is 5.69. The number of unbranched alkanes of at least 4 members (excludes halogenated alkanes) is 1. The van der Waals surface area contributed by atoms with Gasteiger partial charge in [0.1, 0.15) is 5.75 Å². The van der Waals surface area contributed by atoms with Gasteiger partial charge in [0, 0.05) is 5.56 Å². The van der Waals surface area contributed by atoms with Gasteiger partial charge in [0.2, 0.25) is 0 Å². The molecule has 0 spiro atoms. The molecule has 0 aromatic heterocycles. The molecule has 2 rings (SSSR count). The maximum absolute atomic E-state index is 11.9. The molecule has 0 atom stereocenters. The van der Waals surface area contributed by atoms with Crippen molar-refractivity contribution in [2.45, 2.75) is 19.8 Å². The van der Waals surface area contributed by atoms with Crippen LogP contribution in [0.4, 0.5) is 0 Å². The maximum atomic E-state index is 11.9. The number of carbonyl (C=O) groups excluding carboxylic acids is 1. The molecule has 0 radical (unpaired) electrons. The average molecular weight is 314 g/mol. The molecule has 4 heteroatoms. The average Bonchev–Trinajstić information content (AvgIpc) is 2.55. The Bertz CT molecular complexity index is 705. The summed E-state index contributed by atoms with van der Waals surface area (Å²) in [5, 5.41) is 8.72. The van der Waals surface area contributed by atoms with E-state index in [0.717, 1.165) is 18.4 Å². The summed E-state index contributed by atoms with van der Waals surface area (Å²) in [5.74, 6) is 0.423. The molecule has 0 bridgehead atoms. The molecule has 3 nitrogen and oxygen atoms in total. The van der Waals surface area contributed by atoms with Gasteiger partial charge in [0.25, 0.3) is 5.24 Å². The minimum absolute atomic E-state index is 0.253. The Morgan fingerprint density at radius 3 is 2.55 bits per heavy atom. The number of carbonyl (C=O) groups is 1. The van der Waals surface area contributed by atoms with E-state index in [9.17, 15) is 10.1 Å². The second kappa shape index (κ2) is 7.63. The van der Waals surface area contributed by atoms with Gasteiger partial charge in [-0.2, -0.15) is 5.26 Å². The fraction of sp³-hybridized carbons (Fsp3) is 0.222. The SMILES string of the molecule is CCCCOc1ccc(C#N)c(-c2ccccc2)c1C(=O)Cl. The summed E-state index contributed by atoms with van der Waals surface area (Å²) in [7, 11) is 0. The Balaban J connectivity index is 2.60. The first-order valence-electron chi connectivity index (χ1n) is 7.14. The van der Waals surface area contributed by atoms with Gasteiger partial charge in [-0.15, -0.1) is 0 Å². The second-order valence-electron chi connectivity index (χ2n) is 4.81. The third-order valence-corrected chi connectivity index (χ3v) is 3.49. The lowest BCUT2D eigenvalue weighted by atomic mass is 9.94. The van der Waals surface area contributed by atoms with Gasteiger partial charge >= 0.3 is 0 Å². The molecule has 0 heterocycles. The minimum atomic E-state index is -0.623. The Hall–Kier alpha value is -2.31. The summed E-state index contributed by atoms with van der Waals surface area (Å²) >= 11 is 5.78. The Morgan fingerprint density at radius 1 is 1.23 bits per heavy atom. The number of rotatable bonds is 6. The largest absolute Gasteiger partial charge is 0.493 e. The smallest absolute Gasteiger partial charge is 0.256 e. The molecule has 0 saturated carbocycles. The first kappa shape index (κ1) is 16.1. The van der Waals surface area contributed by atoms with Crippen LogP contribution in [0.25, 0.3) is 11.1 Å². The molecule has 0 saturated heterocycles. The number of nitrogens with zero attached hydrogens (tertiary/aromatic N) is 1. The molecule has 22 heavy (non-hydrogen) atoms. The molecule has 2 aromatic rings. The normalized spacial score (nSPS) is 10.0. The number of hydrogen-bond donors (Lipinski definition) is 0. The van der Waals surface area contributed by atoms with Crippen LogP contribution in [0.3, 0.4) is 0 Å². The van der Waals surface area contributed by atoms with E-state index in [0.29, 0.717) is 23.5 Å². The molecule has 2 aromatic carbocycles. The summed E-state index contributed by atoms with van der Waals surface area (Å²) in [6.45, 7) is 2.57. The number of benzene rings is 2. The first-order chi connectivity index (χ1) is 10.7. The molecule has 0 fully saturated rings. The van der Waals surface area contributed by atoms with E-state index in [1.165, 1.54) is 0 Å². The van der Waals surface area contributed by atoms with Crippen molar-refractivity contribution in [1.29, 1.82) is 5.26 Å². The van der Waals surface area contributed by atoms with Crippen molar-refractivity contribution < 1.29 is 9.53 Å². The van der Waals surface area contributed by atoms with Crippen molar-refractivity contribution in [2.24, 2.45) is 0 Å². The fourth-order valence-electron chi connectivity index (χ4n) is 2.22. The van der Waals surface area contributed by atoms with Crippen molar-refractivity contribution >= 4 is 16.8 Å². The van der Waals surface area contributed by atoms with Gasteiger partial charge < -0.3 is 4.74 Å². The standard InChI is InChI=1S/C18H16ClNO2/c1-2-3-11-22-15-10-9-14(12-20)16(17(15)18(19)21)13-7-5-4-6-8-13/h4-10H,2-3,11H2,1H3. The lowest BCUT2D eigenvalue weighted by molar-refractivity contribution is 0.107. The molecule has 0 aliphatic rings. The first-order valence-corrected chi connectivity index (χ1v) is 7.52. The number of ether oxygens (including phenoxy) is 1. The van der Waals surface area contributed by atoms with Crippen LogP contribution in [-0.4, -0.2) is 11.8 Å². The van der Waals surface area contributed by atoms with Crippen LogP contribution >= 0.6 is 11.6 Å². The van der Waals surface area contributed by atoms with E-state index in [1.807, 2.05) is 30.3 Å². The number of hydrogen-bond acceptors (Lipinski definition) is 3. The Morgan fingerprint density at radius 2 is 1.95 bits per heavy atom. The van der Waals surface area contributed by atoms with E-state index in [2.05, 4.69) is 13.0 Å². The van der Waals surface area contributed by atoms with Crippen molar-refractivity contribution in [3.8, 4) is 22.9 Å².